The lowest BCUT2D eigenvalue weighted by Crippen LogP contribution is -2.31. The predicted molar refractivity (Wildman–Crippen MR) is 53.3 cm³/mol. The lowest BCUT2D eigenvalue weighted by Gasteiger charge is -2.07. The van der Waals surface area contributed by atoms with Crippen LogP contribution in [0.4, 0.5) is 0 Å². The summed E-state index contributed by atoms with van der Waals surface area (Å²) >= 11 is 0. The highest BCUT2D eigenvalue weighted by Crippen LogP contribution is 2.44. The number of rotatable bonds is 6. The van der Waals surface area contributed by atoms with Gasteiger partial charge in [-0.2, -0.15) is 5.26 Å². The molecule has 0 atom stereocenters. The summed E-state index contributed by atoms with van der Waals surface area (Å²) in [5.74, 6) is -0.499. The van der Waals surface area contributed by atoms with E-state index in [9.17, 15) is 9.59 Å². The number of nitriles is 1. The van der Waals surface area contributed by atoms with Gasteiger partial charge in [0.05, 0.1) is 6.07 Å². The molecule has 0 aromatic heterocycles. The first kappa shape index (κ1) is 11.5. The molecular weight excluding hydrogens is 194 g/mol. The molecule has 5 nitrogen and oxygen atoms in total. The Bertz CT molecular complexity index is 302. The van der Waals surface area contributed by atoms with Crippen LogP contribution < -0.4 is 11.1 Å². The van der Waals surface area contributed by atoms with Crippen LogP contribution in [0.1, 0.15) is 32.1 Å². The first-order valence-corrected chi connectivity index (χ1v) is 5.08. The van der Waals surface area contributed by atoms with E-state index in [0.29, 0.717) is 32.2 Å². The lowest BCUT2D eigenvalue weighted by molar-refractivity contribution is -0.124. The van der Waals surface area contributed by atoms with Gasteiger partial charge in [0.15, 0.2) is 0 Å². The highest BCUT2D eigenvalue weighted by molar-refractivity contribution is 5.88. The normalized spacial score (nSPS) is 16.5. The van der Waals surface area contributed by atoms with Crippen molar-refractivity contribution in [2.45, 2.75) is 32.1 Å². The van der Waals surface area contributed by atoms with E-state index in [-0.39, 0.29) is 11.8 Å². The van der Waals surface area contributed by atoms with Crippen molar-refractivity contribution in [3.8, 4) is 6.07 Å². The van der Waals surface area contributed by atoms with E-state index >= 15 is 0 Å². The van der Waals surface area contributed by atoms with Gasteiger partial charge in [-0.1, -0.05) is 0 Å². The molecule has 82 valence electrons. The third-order valence-corrected chi connectivity index (χ3v) is 2.53. The second kappa shape index (κ2) is 4.78. The molecule has 0 aromatic rings. The van der Waals surface area contributed by atoms with Gasteiger partial charge in [0.2, 0.25) is 11.8 Å². The van der Waals surface area contributed by atoms with Crippen LogP contribution >= 0.6 is 0 Å². The summed E-state index contributed by atoms with van der Waals surface area (Å²) in [6.07, 6.45) is 3.07. The number of nitrogens with zero attached hydrogens (tertiary/aromatic N) is 1. The molecule has 0 heterocycles. The van der Waals surface area contributed by atoms with Gasteiger partial charge in [-0.05, 0) is 25.7 Å². The first-order valence-electron chi connectivity index (χ1n) is 5.08. The van der Waals surface area contributed by atoms with E-state index in [1.165, 1.54) is 0 Å². The Hall–Kier alpha value is -1.57. The molecule has 0 saturated heterocycles. The third-order valence-electron chi connectivity index (χ3n) is 2.53. The van der Waals surface area contributed by atoms with E-state index in [1.54, 1.807) is 0 Å². The van der Waals surface area contributed by atoms with Crippen LogP contribution in [-0.2, 0) is 9.59 Å². The van der Waals surface area contributed by atoms with Gasteiger partial charge in [0, 0.05) is 13.0 Å². The Morgan fingerprint density at radius 2 is 2.07 bits per heavy atom. The summed E-state index contributed by atoms with van der Waals surface area (Å²) in [5, 5.41) is 11.4. The van der Waals surface area contributed by atoms with Crippen molar-refractivity contribution in [3.63, 3.8) is 0 Å². The van der Waals surface area contributed by atoms with Crippen molar-refractivity contribution < 1.29 is 9.59 Å². The lowest BCUT2D eigenvalue weighted by atomic mass is 10.1. The van der Waals surface area contributed by atoms with Crippen LogP contribution in [0.2, 0.25) is 0 Å². The van der Waals surface area contributed by atoms with Crippen LogP contribution in [0.5, 0.6) is 0 Å². The Morgan fingerprint density at radius 3 is 2.53 bits per heavy atom. The van der Waals surface area contributed by atoms with Gasteiger partial charge < -0.3 is 11.1 Å². The molecule has 0 aliphatic heterocycles. The molecule has 0 radical (unpaired) electrons. The Labute approximate surface area is 88.6 Å². The van der Waals surface area contributed by atoms with Crippen LogP contribution in [-0.4, -0.2) is 18.4 Å². The summed E-state index contributed by atoms with van der Waals surface area (Å²) in [7, 11) is 0. The van der Waals surface area contributed by atoms with Gasteiger partial charge in [-0.3, -0.25) is 9.59 Å². The minimum Gasteiger partial charge on any atom is -0.370 e. The highest BCUT2D eigenvalue weighted by Gasteiger charge is 2.50. The number of nitrogens with two attached hydrogens (primary N) is 1. The molecule has 1 aliphatic carbocycles. The van der Waals surface area contributed by atoms with Crippen molar-refractivity contribution in [1.82, 2.24) is 5.32 Å². The number of primary amides is 1. The number of carbonyl (C=O) groups is 2. The summed E-state index contributed by atoms with van der Waals surface area (Å²) in [6, 6.07) is 2.03. The Balaban J connectivity index is 2.09. The minimum atomic E-state index is -0.746. The standard InChI is InChI=1S/C10H15N3O2/c11-7-10(4-5-10)9(15)13-6-2-1-3-8(12)14/h1-6H2,(H2,12,14)(H,13,15). The molecule has 5 heteroatoms. The van der Waals surface area contributed by atoms with Gasteiger partial charge in [0.25, 0.3) is 0 Å². The number of amides is 2. The number of unbranched alkanes of at least 4 members (excludes halogenated alkanes) is 1. The van der Waals surface area contributed by atoms with Crippen LogP contribution in [0, 0.1) is 16.7 Å². The largest absolute Gasteiger partial charge is 0.370 e. The topological polar surface area (TPSA) is 96.0 Å². The second-order valence-electron chi connectivity index (χ2n) is 3.87. The molecule has 1 fully saturated rings. The summed E-state index contributed by atoms with van der Waals surface area (Å²) in [4.78, 5) is 21.8. The number of hydrogen-bond donors (Lipinski definition) is 2. The molecule has 0 spiro atoms. The van der Waals surface area contributed by atoms with Gasteiger partial charge >= 0.3 is 0 Å². The molecule has 0 aromatic carbocycles. The molecule has 3 N–H and O–H groups in total. The zero-order chi connectivity index (χ0) is 11.3. The molecular formula is C10H15N3O2. The van der Waals surface area contributed by atoms with E-state index in [0.717, 1.165) is 6.42 Å². The van der Waals surface area contributed by atoms with Crippen molar-refractivity contribution in [2.24, 2.45) is 11.1 Å². The van der Waals surface area contributed by atoms with E-state index in [2.05, 4.69) is 5.32 Å². The average molecular weight is 209 g/mol. The van der Waals surface area contributed by atoms with Crippen LogP contribution in [0.3, 0.4) is 0 Å². The van der Waals surface area contributed by atoms with Gasteiger partial charge in [-0.15, -0.1) is 0 Å². The van der Waals surface area contributed by atoms with E-state index in [4.69, 9.17) is 11.0 Å². The smallest absolute Gasteiger partial charge is 0.240 e. The molecule has 1 aliphatic rings. The molecule has 2 amide bonds. The van der Waals surface area contributed by atoms with Crippen molar-refractivity contribution in [1.29, 1.82) is 5.26 Å². The number of nitrogens with one attached hydrogen (secondary N) is 1. The molecule has 0 bridgehead atoms. The number of carbonyl (C=O) groups excluding carboxylic acids is 2. The zero-order valence-corrected chi connectivity index (χ0v) is 8.58. The molecule has 1 saturated carbocycles. The van der Waals surface area contributed by atoms with E-state index in [1.807, 2.05) is 6.07 Å². The summed E-state index contributed by atoms with van der Waals surface area (Å²) < 4.78 is 0. The average Bonchev–Trinajstić information content (AvgIpc) is 2.97. The van der Waals surface area contributed by atoms with Crippen LogP contribution in [0.15, 0.2) is 0 Å². The molecule has 1 rings (SSSR count). The van der Waals surface area contributed by atoms with Crippen molar-refractivity contribution in [3.05, 3.63) is 0 Å². The predicted octanol–water partition coefficient (Wildman–Crippen LogP) is 0.0620. The minimum absolute atomic E-state index is 0.177. The fourth-order valence-corrected chi connectivity index (χ4v) is 1.31. The maximum absolute atomic E-state index is 11.4. The monoisotopic (exact) mass is 209 g/mol. The summed E-state index contributed by atoms with van der Waals surface area (Å²) in [6.45, 7) is 0.509. The highest BCUT2D eigenvalue weighted by atomic mass is 16.2. The Kier molecular flexibility index (Phi) is 3.67. The van der Waals surface area contributed by atoms with Gasteiger partial charge in [0.1, 0.15) is 5.41 Å². The molecule has 15 heavy (non-hydrogen) atoms. The van der Waals surface area contributed by atoms with Crippen molar-refractivity contribution in [2.75, 3.05) is 6.54 Å². The Morgan fingerprint density at radius 1 is 1.40 bits per heavy atom. The first-order chi connectivity index (χ1) is 7.10. The zero-order valence-electron chi connectivity index (χ0n) is 8.58. The fourth-order valence-electron chi connectivity index (χ4n) is 1.31. The van der Waals surface area contributed by atoms with E-state index < -0.39 is 5.41 Å². The fraction of sp³-hybridized carbons (Fsp3) is 0.700. The quantitative estimate of drug-likeness (QED) is 0.605. The number of hydrogen-bond acceptors (Lipinski definition) is 3. The third kappa shape index (κ3) is 3.24. The summed E-state index contributed by atoms with van der Waals surface area (Å²) in [5.41, 5.74) is 4.22. The molecule has 0 unspecified atom stereocenters. The van der Waals surface area contributed by atoms with Crippen LogP contribution in [0.25, 0.3) is 0 Å². The SMILES string of the molecule is N#CC1(C(=O)NCCCCC(N)=O)CC1. The maximum Gasteiger partial charge on any atom is 0.240 e. The second-order valence-corrected chi connectivity index (χ2v) is 3.87. The van der Waals surface area contributed by atoms with Crippen molar-refractivity contribution >= 4 is 11.8 Å². The maximum atomic E-state index is 11.4. The van der Waals surface area contributed by atoms with Gasteiger partial charge in [-0.25, -0.2) is 0 Å².